The van der Waals surface area contributed by atoms with Crippen LogP contribution in [0.2, 0.25) is 0 Å². The molecule has 9 aromatic rings. The normalized spacial score (nSPS) is 11.9. The van der Waals surface area contributed by atoms with Crippen LogP contribution in [0.15, 0.2) is 170 Å². The summed E-state index contributed by atoms with van der Waals surface area (Å²) in [5, 5.41) is 5.01. The summed E-state index contributed by atoms with van der Waals surface area (Å²) in [5.74, 6) is 2.56. The molecule has 0 saturated heterocycles. The number of para-hydroxylation sites is 2. The summed E-state index contributed by atoms with van der Waals surface area (Å²) in [6, 6.07) is 60.2. The van der Waals surface area contributed by atoms with Crippen LogP contribution in [0.25, 0.3) is 83.0 Å². The predicted octanol–water partition coefficient (Wildman–Crippen LogP) is 12.1. The van der Waals surface area contributed by atoms with Crippen molar-refractivity contribution in [3.8, 4) is 62.0 Å². The summed E-state index contributed by atoms with van der Waals surface area (Å²) < 4.78 is 8.96. The molecule has 0 N–H and O–H groups in total. The van der Waals surface area contributed by atoms with Gasteiger partial charge in [-0.25, -0.2) is 4.98 Å². The zero-order valence-corrected chi connectivity index (χ0v) is 26.0. The van der Waals surface area contributed by atoms with Gasteiger partial charge in [-0.15, -0.1) is 0 Å². The van der Waals surface area contributed by atoms with E-state index in [0.717, 1.165) is 50.7 Å². The average molecular weight is 613 g/mol. The zero-order chi connectivity index (χ0) is 31.6. The largest absolute Gasteiger partial charge is 0.452 e. The fourth-order valence-electron chi connectivity index (χ4n) is 7.51. The first-order valence-electron chi connectivity index (χ1n) is 16.3. The van der Waals surface area contributed by atoms with Gasteiger partial charge in [0.2, 0.25) is 0 Å². The molecule has 0 radical (unpaired) electrons. The molecule has 224 valence electrons. The molecule has 0 atom stereocenters. The Hall–Kier alpha value is -6.45. The van der Waals surface area contributed by atoms with Crippen molar-refractivity contribution in [2.45, 2.75) is 0 Å². The van der Waals surface area contributed by atoms with E-state index in [1.807, 2.05) is 18.2 Å². The third kappa shape index (κ3) is 3.98. The summed E-state index contributed by atoms with van der Waals surface area (Å²) in [5.41, 5.74) is 11.1. The molecule has 0 fully saturated rings. The first-order valence-corrected chi connectivity index (χ1v) is 16.3. The second-order valence-electron chi connectivity index (χ2n) is 12.3. The molecule has 10 rings (SSSR count). The Morgan fingerprint density at radius 2 is 0.938 bits per heavy atom. The van der Waals surface area contributed by atoms with Crippen molar-refractivity contribution in [3.05, 3.63) is 170 Å². The van der Waals surface area contributed by atoms with Crippen LogP contribution in [0.3, 0.4) is 0 Å². The number of nitrogens with zero attached hydrogens (tertiary/aromatic N) is 2. The highest BCUT2D eigenvalue weighted by Crippen LogP contribution is 2.48. The van der Waals surface area contributed by atoms with E-state index in [4.69, 9.17) is 9.72 Å². The van der Waals surface area contributed by atoms with Crippen LogP contribution >= 0.6 is 0 Å². The van der Waals surface area contributed by atoms with E-state index in [1.54, 1.807) is 0 Å². The quantitative estimate of drug-likeness (QED) is 0.185. The molecule has 1 aliphatic rings. The zero-order valence-electron chi connectivity index (χ0n) is 26.0. The van der Waals surface area contributed by atoms with Crippen LogP contribution in [-0.2, 0) is 0 Å². The van der Waals surface area contributed by atoms with E-state index in [2.05, 4.69) is 156 Å². The summed E-state index contributed by atoms with van der Waals surface area (Å²) in [6.07, 6.45) is 0. The molecular formula is C45H28N2O. The fraction of sp³-hybridized carbons (Fsp3) is 0. The van der Waals surface area contributed by atoms with Gasteiger partial charge in [0.1, 0.15) is 11.3 Å². The Morgan fingerprint density at radius 3 is 1.56 bits per heavy atom. The third-order valence-corrected chi connectivity index (χ3v) is 9.60. The SMILES string of the molecule is c1ccc(-c2c3ccccc3c(-c3ccc(-c4cccc5c4Oc4cccc6nc(-c7ccccc7)n-5c46)cc3)c3ccccc23)cc1. The second-order valence-corrected chi connectivity index (χ2v) is 12.3. The van der Waals surface area contributed by atoms with Crippen LogP contribution in [0, 0.1) is 0 Å². The van der Waals surface area contributed by atoms with E-state index < -0.39 is 0 Å². The lowest BCUT2D eigenvalue weighted by Gasteiger charge is -2.23. The number of ether oxygens (including phenoxy) is 1. The molecule has 8 aromatic carbocycles. The van der Waals surface area contributed by atoms with Crippen molar-refractivity contribution >= 4 is 32.6 Å². The van der Waals surface area contributed by atoms with E-state index in [1.165, 1.54) is 43.8 Å². The van der Waals surface area contributed by atoms with Crippen molar-refractivity contribution in [2.24, 2.45) is 0 Å². The number of benzene rings is 8. The standard InChI is InChI=1S/C45H28N2O/c1-3-13-30(14-4-1)41-34-17-7-9-19-36(34)42(37-20-10-8-18-35(37)41)31-27-25-29(26-28-31)33-21-11-23-39-44(33)48-40-24-12-22-38-43(40)47(39)45(46-38)32-15-5-2-6-16-32/h1-28H. The van der Waals surface area contributed by atoms with Gasteiger partial charge in [-0.05, 0) is 67.6 Å². The fourth-order valence-corrected chi connectivity index (χ4v) is 7.51. The smallest absolute Gasteiger partial charge is 0.159 e. The third-order valence-electron chi connectivity index (χ3n) is 9.60. The van der Waals surface area contributed by atoms with Gasteiger partial charge < -0.3 is 4.74 Å². The first kappa shape index (κ1) is 26.7. The van der Waals surface area contributed by atoms with Crippen molar-refractivity contribution in [1.29, 1.82) is 0 Å². The monoisotopic (exact) mass is 612 g/mol. The molecule has 2 heterocycles. The van der Waals surface area contributed by atoms with Crippen molar-refractivity contribution in [2.75, 3.05) is 0 Å². The molecule has 48 heavy (non-hydrogen) atoms. The number of fused-ring (bicyclic) bond motifs is 4. The van der Waals surface area contributed by atoms with Gasteiger partial charge in [0.15, 0.2) is 11.5 Å². The van der Waals surface area contributed by atoms with Gasteiger partial charge in [0.05, 0.1) is 11.2 Å². The Morgan fingerprint density at radius 1 is 0.417 bits per heavy atom. The Balaban J connectivity index is 1.14. The maximum absolute atomic E-state index is 6.71. The molecule has 0 aliphatic carbocycles. The number of hydrogen-bond donors (Lipinski definition) is 0. The molecule has 3 nitrogen and oxygen atoms in total. The van der Waals surface area contributed by atoms with Gasteiger partial charge in [0.25, 0.3) is 0 Å². The molecule has 0 amide bonds. The highest BCUT2D eigenvalue weighted by atomic mass is 16.5. The minimum absolute atomic E-state index is 0.815. The average Bonchev–Trinajstić information content (AvgIpc) is 3.56. The predicted molar refractivity (Wildman–Crippen MR) is 198 cm³/mol. The molecule has 0 unspecified atom stereocenters. The maximum atomic E-state index is 6.71. The van der Waals surface area contributed by atoms with Gasteiger partial charge in [-0.1, -0.05) is 152 Å². The van der Waals surface area contributed by atoms with E-state index >= 15 is 0 Å². The number of aromatic nitrogens is 2. The number of imidazole rings is 1. The van der Waals surface area contributed by atoms with Gasteiger partial charge in [0, 0.05) is 11.1 Å². The highest BCUT2D eigenvalue weighted by Gasteiger charge is 2.27. The van der Waals surface area contributed by atoms with Crippen LogP contribution < -0.4 is 4.74 Å². The molecule has 0 spiro atoms. The summed E-state index contributed by atoms with van der Waals surface area (Å²) in [4.78, 5) is 5.06. The molecule has 0 saturated carbocycles. The van der Waals surface area contributed by atoms with E-state index in [-0.39, 0.29) is 0 Å². The van der Waals surface area contributed by atoms with Crippen LogP contribution in [-0.4, -0.2) is 9.55 Å². The van der Waals surface area contributed by atoms with E-state index in [0.29, 0.717) is 0 Å². The summed E-state index contributed by atoms with van der Waals surface area (Å²) in [6.45, 7) is 0. The lowest BCUT2D eigenvalue weighted by atomic mass is 9.85. The van der Waals surface area contributed by atoms with Crippen molar-refractivity contribution in [3.63, 3.8) is 0 Å². The summed E-state index contributed by atoms with van der Waals surface area (Å²) in [7, 11) is 0. The van der Waals surface area contributed by atoms with Crippen LogP contribution in [0.5, 0.6) is 11.5 Å². The van der Waals surface area contributed by atoms with E-state index in [9.17, 15) is 0 Å². The first-order chi connectivity index (χ1) is 23.8. The van der Waals surface area contributed by atoms with Crippen LogP contribution in [0.4, 0.5) is 0 Å². The number of hydrogen-bond acceptors (Lipinski definition) is 2. The van der Waals surface area contributed by atoms with Gasteiger partial charge in [-0.2, -0.15) is 0 Å². The highest BCUT2D eigenvalue weighted by molar-refractivity contribution is 6.21. The molecule has 1 aliphatic heterocycles. The minimum atomic E-state index is 0.815. The Kier molecular flexibility index (Phi) is 5.87. The van der Waals surface area contributed by atoms with Gasteiger partial charge >= 0.3 is 0 Å². The van der Waals surface area contributed by atoms with Crippen molar-refractivity contribution in [1.82, 2.24) is 9.55 Å². The minimum Gasteiger partial charge on any atom is -0.452 e. The lowest BCUT2D eigenvalue weighted by molar-refractivity contribution is 0.477. The Bertz CT molecular complexity index is 2620. The number of rotatable bonds is 4. The topological polar surface area (TPSA) is 27.1 Å². The summed E-state index contributed by atoms with van der Waals surface area (Å²) >= 11 is 0. The molecule has 1 aromatic heterocycles. The molecule has 0 bridgehead atoms. The van der Waals surface area contributed by atoms with Crippen LogP contribution in [0.1, 0.15) is 0 Å². The Labute approximate surface area is 278 Å². The van der Waals surface area contributed by atoms with Gasteiger partial charge in [-0.3, -0.25) is 4.57 Å². The lowest BCUT2D eigenvalue weighted by Crippen LogP contribution is -2.06. The molecule has 3 heteroatoms. The molecular weight excluding hydrogens is 585 g/mol. The maximum Gasteiger partial charge on any atom is 0.159 e. The second kappa shape index (κ2) is 10.5. The van der Waals surface area contributed by atoms with Crippen molar-refractivity contribution < 1.29 is 4.74 Å².